The second kappa shape index (κ2) is 4.23. The molecule has 0 bridgehead atoms. The minimum absolute atomic E-state index is 0.0209. The fourth-order valence-corrected chi connectivity index (χ4v) is 1.28. The lowest BCUT2D eigenvalue weighted by Gasteiger charge is -2.12. The molecule has 0 saturated carbocycles. The zero-order valence-corrected chi connectivity index (χ0v) is 8.33. The van der Waals surface area contributed by atoms with Crippen molar-refractivity contribution in [2.75, 3.05) is 0 Å². The van der Waals surface area contributed by atoms with Crippen molar-refractivity contribution in [1.82, 2.24) is 9.55 Å². The Bertz CT molecular complexity index is 288. The Labute approximate surface area is 79.3 Å². The second-order valence-corrected chi connectivity index (χ2v) is 3.31. The summed E-state index contributed by atoms with van der Waals surface area (Å²) in [5.74, 6) is 0.926. The van der Waals surface area contributed by atoms with E-state index in [9.17, 15) is 0 Å². The summed E-state index contributed by atoms with van der Waals surface area (Å²) in [6.45, 7) is 6.03. The fraction of sp³-hybridized carbons (Fsp3) is 0.500. The van der Waals surface area contributed by atoms with Crippen LogP contribution >= 0.6 is 0 Å². The molecule has 0 saturated heterocycles. The van der Waals surface area contributed by atoms with Crippen LogP contribution in [-0.2, 0) is 7.05 Å². The molecule has 3 nitrogen and oxygen atoms in total. The van der Waals surface area contributed by atoms with Gasteiger partial charge in [-0.3, -0.25) is 0 Å². The van der Waals surface area contributed by atoms with Crippen LogP contribution in [0.15, 0.2) is 24.5 Å². The maximum absolute atomic E-state index is 5.97. The molecule has 0 radical (unpaired) electrons. The van der Waals surface area contributed by atoms with Gasteiger partial charge in [0.05, 0.1) is 6.04 Å². The Morgan fingerprint density at radius 3 is 2.92 bits per heavy atom. The number of rotatable bonds is 4. The van der Waals surface area contributed by atoms with Gasteiger partial charge in [-0.15, -0.1) is 0 Å². The van der Waals surface area contributed by atoms with Gasteiger partial charge in [-0.05, 0) is 12.8 Å². The standard InChI is InChI=1S/C10H17N3/c1-4-8(2)7-9(11)10-12-5-6-13(10)3/h5-6,9H,2,4,7,11H2,1,3H3. The van der Waals surface area contributed by atoms with E-state index >= 15 is 0 Å². The molecule has 1 unspecified atom stereocenters. The van der Waals surface area contributed by atoms with E-state index in [4.69, 9.17) is 5.73 Å². The molecule has 1 rings (SSSR count). The van der Waals surface area contributed by atoms with Crippen LogP contribution in [0.2, 0.25) is 0 Å². The number of aromatic nitrogens is 2. The molecule has 0 spiro atoms. The Kier molecular flexibility index (Phi) is 3.25. The third-order valence-electron chi connectivity index (χ3n) is 2.20. The normalized spacial score (nSPS) is 12.8. The fourth-order valence-electron chi connectivity index (χ4n) is 1.28. The van der Waals surface area contributed by atoms with E-state index in [1.807, 2.05) is 17.8 Å². The largest absolute Gasteiger partial charge is 0.337 e. The molecule has 0 amide bonds. The van der Waals surface area contributed by atoms with E-state index in [-0.39, 0.29) is 6.04 Å². The average molecular weight is 179 g/mol. The summed E-state index contributed by atoms with van der Waals surface area (Å²) in [7, 11) is 1.96. The highest BCUT2D eigenvalue weighted by Crippen LogP contribution is 2.16. The van der Waals surface area contributed by atoms with E-state index in [0.717, 1.165) is 18.7 Å². The van der Waals surface area contributed by atoms with E-state index in [1.165, 1.54) is 5.57 Å². The molecule has 0 aliphatic rings. The maximum atomic E-state index is 5.97. The summed E-state index contributed by atoms with van der Waals surface area (Å²) in [6.07, 6.45) is 5.48. The van der Waals surface area contributed by atoms with Crippen LogP contribution in [0.1, 0.15) is 31.6 Å². The Morgan fingerprint density at radius 2 is 2.46 bits per heavy atom. The Morgan fingerprint density at radius 1 is 1.77 bits per heavy atom. The van der Waals surface area contributed by atoms with Gasteiger partial charge < -0.3 is 10.3 Å². The highest BCUT2D eigenvalue weighted by Gasteiger charge is 2.10. The number of nitrogens with zero attached hydrogens (tertiary/aromatic N) is 2. The van der Waals surface area contributed by atoms with E-state index in [1.54, 1.807) is 6.20 Å². The highest BCUT2D eigenvalue weighted by atomic mass is 15.1. The first-order valence-corrected chi connectivity index (χ1v) is 4.54. The summed E-state index contributed by atoms with van der Waals surface area (Å²) in [5, 5.41) is 0. The summed E-state index contributed by atoms with van der Waals surface area (Å²) >= 11 is 0. The molecule has 72 valence electrons. The van der Waals surface area contributed by atoms with Gasteiger partial charge in [0.15, 0.2) is 0 Å². The molecule has 1 aromatic rings. The molecule has 1 atom stereocenters. The minimum Gasteiger partial charge on any atom is -0.337 e. The van der Waals surface area contributed by atoms with Crippen molar-refractivity contribution in [2.45, 2.75) is 25.8 Å². The first-order valence-electron chi connectivity index (χ1n) is 4.54. The molecule has 3 heteroatoms. The number of hydrogen-bond acceptors (Lipinski definition) is 2. The van der Waals surface area contributed by atoms with Crippen molar-refractivity contribution >= 4 is 0 Å². The molecular weight excluding hydrogens is 162 g/mol. The Balaban J connectivity index is 2.63. The predicted molar refractivity (Wildman–Crippen MR) is 54.2 cm³/mol. The van der Waals surface area contributed by atoms with E-state index in [0.29, 0.717) is 0 Å². The van der Waals surface area contributed by atoms with Crippen molar-refractivity contribution in [2.24, 2.45) is 12.8 Å². The Hall–Kier alpha value is -1.09. The monoisotopic (exact) mass is 179 g/mol. The van der Waals surface area contributed by atoms with Crippen LogP contribution in [0.25, 0.3) is 0 Å². The predicted octanol–water partition coefficient (Wildman–Crippen LogP) is 1.78. The minimum atomic E-state index is -0.0209. The zero-order valence-electron chi connectivity index (χ0n) is 8.33. The lowest BCUT2D eigenvalue weighted by Crippen LogP contribution is -2.15. The SMILES string of the molecule is C=C(CC)CC(N)c1nccn1C. The van der Waals surface area contributed by atoms with Gasteiger partial charge >= 0.3 is 0 Å². The van der Waals surface area contributed by atoms with Crippen molar-refractivity contribution in [3.63, 3.8) is 0 Å². The van der Waals surface area contributed by atoms with Crippen LogP contribution in [0.3, 0.4) is 0 Å². The van der Waals surface area contributed by atoms with Gasteiger partial charge in [-0.1, -0.05) is 19.1 Å². The first kappa shape index (κ1) is 9.99. The van der Waals surface area contributed by atoms with Crippen LogP contribution in [0.4, 0.5) is 0 Å². The molecule has 1 aromatic heterocycles. The van der Waals surface area contributed by atoms with Crippen LogP contribution in [-0.4, -0.2) is 9.55 Å². The van der Waals surface area contributed by atoms with Crippen LogP contribution < -0.4 is 5.73 Å². The van der Waals surface area contributed by atoms with Crippen molar-refractivity contribution in [3.05, 3.63) is 30.4 Å². The summed E-state index contributed by atoms with van der Waals surface area (Å²) in [6, 6.07) is -0.0209. The smallest absolute Gasteiger partial charge is 0.125 e. The molecule has 1 heterocycles. The third kappa shape index (κ3) is 2.42. The molecule has 0 fully saturated rings. The topological polar surface area (TPSA) is 43.8 Å². The first-order chi connectivity index (χ1) is 6.15. The van der Waals surface area contributed by atoms with Gasteiger partial charge in [-0.2, -0.15) is 0 Å². The van der Waals surface area contributed by atoms with Crippen molar-refractivity contribution < 1.29 is 0 Å². The van der Waals surface area contributed by atoms with Gasteiger partial charge in [0.25, 0.3) is 0 Å². The molecular formula is C10H17N3. The lowest BCUT2D eigenvalue weighted by molar-refractivity contribution is 0.622. The molecule has 13 heavy (non-hydrogen) atoms. The highest BCUT2D eigenvalue weighted by molar-refractivity contribution is 5.04. The van der Waals surface area contributed by atoms with E-state index in [2.05, 4.69) is 18.5 Å². The number of aryl methyl sites for hydroxylation is 1. The lowest BCUT2D eigenvalue weighted by atomic mass is 10.1. The summed E-state index contributed by atoms with van der Waals surface area (Å²) in [4.78, 5) is 4.20. The van der Waals surface area contributed by atoms with Gasteiger partial charge in [-0.25, -0.2) is 4.98 Å². The molecule has 2 N–H and O–H groups in total. The maximum Gasteiger partial charge on any atom is 0.125 e. The summed E-state index contributed by atoms with van der Waals surface area (Å²) < 4.78 is 1.95. The van der Waals surface area contributed by atoms with Crippen LogP contribution in [0, 0.1) is 0 Å². The molecule has 0 aliphatic carbocycles. The van der Waals surface area contributed by atoms with E-state index < -0.39 is 0 Å². The van der Waals surface area contributed by atoms with Crippen molar-refractivity contribution in [1.29, 1.82) is 0 Å². The summed E-state index contributed by atoms with van der Waals surface area (Å²) in [5.41, 5.74) is 7.15. The second-order valence-electron chi connectivity index (χ2n) is 3.31. The molecule has 0 aromatic carbocycles. The van der Waals surface area contributed by atoms with Crippen LogP contribution in [0.5, 0.6) is 0 Å². The van der Waals surface area contributed by atoms with Gasteiger partial charge in [0, 0.05) is 19.4 Å². The average Bonchev–Trinajstić information content (AvgIpc) is 2.51. The van der Waals surface area contributed by atoms with Gasteiger partial charge in [0.2, 0.25) is 0 Å². The molecule has 0 aliphatic heterocycles. The van der Waals surface area contributed by atoms with Crippen molar-refractivity contribution in [3.8, 4) is 0 Å². The number of nitrogens with two attached hydrogens (primary N) is 1. The number of hydrogen-bond donors (Lipinski definition) is 1. The number of imidazole rings is 1. The zero-order chi connectivity index (χ0) is 9.84. The third-order valence-corrected chi connectivity index (χ3v) is 2.20. The van der Waals surface area contributed by atoms with Gasteiger partial charge in [0.1, 0.15) is 5.82 Å². The quantitative estimate of drug-likeness (QED) is 0.716.